The van der Waals surface area contributed by atoms with E-state index in [9.17, 15) is 4.39 Å². The Morgan fingerprint density at radius 1 is 1.47 bits per heavy atom. The monoisotopic (exact) mass is 302 g/mol. The van der Waals surface area contributed by atoms with Gasteiger partial charge in [-0.3, -0.25) is 0 Å². The van der Waals surface area contributed by atoms with Crippen molar-refractivity contribution in [1.29, 1.82) is 0 Å². The summed E-state index contributed by atoms with van der Waals surface area (Å²) < 4.78 is 24.5. The Hall–Kier alpha value is -0.610. The van der Waals surface area contributed by atoms with E-state index in [1.165, 1.54) is 6.07 Å². The molecule has 1 fully saturated rings. The smallest absolute Gasteiger partial charge is 0.127 e. The molecule has 94 valence electrons. The zero-order valence-corrected chi connectivity index (χ0v) is 11.5. The summed E-state index contributed by atoms with van der Waals surface area (Å²) in [5.41, 5.74) is 0.602. The van der Waals surface area contributed by atoms with E-state index in [0.717, 1.165) is 6.42 Å². The van der Waals surface area contributed by atoms with Gasteiger partial charge in [-0.2, -0.15) is 0 Å². The zero-order valence-electron chi connectivity index (χ0n) is 9.95. The predicted octanol–water partition coefficient (Wildman–Crippen LogP) is 3.45. The van der Waals surface area contributed by atoms with Gasteiger partial charge < -0.3 is 9.47 Å². The van der Waals surface area contributed by atoms with Crippen LogP contribution in [0.3, 0.4) is 0 Å². The number of alkyl halides is 1. The Labute approximate surface area is 109 Å². The highest BCUT2D eigenvalue weighted by atomic mass is 79.9. The maximum absolute atomic E-state index is 13.1. The molecule has 0 spiro atoms. The third-order valence-electron chi connectivity index (χ3n) is 2.96. The summed E-state index contributed by atoms with van der Waals surface area (Å²) in [6, 6.07) is 4.82. The van der Waals surface area contributed by atoms with Crippen LogP contribution in [0.25, 0.3) is 0 Å². The fourth-order valence-electron chi connectivity index (χ4n) is 1.91. The summed E-state index contributed by atoms with van der Waals surface area (Å²) in [4.78, 5) is 0.356. The van der Waals surface area contributed by atoms with E-state index in [1.54, 1.807) is 19.1 Å². The highest BCUT2D eigenvalue weighted by Gasteiger charge is 2.42. The van der Waals surface area contributed by atoms with Gasteiger partial charge in [-0.1, -0.05) is 15.9 Å². The Kier molecular flexibility index (Phi) is 4.05. The normalized spacial score (nSPS) is 27.6. The van der Waals surface area contributed by atoms with Gasteiger partial charge in [0.25, 0.3) is 0 Å². The third kappa shape index (κ3) is 2.80. The van der Waals surface area contributed by atoms with Crippen molar-refractivity contribution in [3.63, 3.8) is 0 Å². The minimum absolute atomic E-state index is 0.0594. The van der Waals surface area contributed by atoms with Crippen LogP contribution in [0.4, 0.5) is 4.39 Å². The molecule has 0 N–H and O–H groups in total. The van der Waals surface area contributed by atoms with Crippen LogP contribution in [0.15, 0.2) is 18.2 Å². The van der Waals surface area contributed by atoms with E-state index in [2.05, 4.69) is 15.9 Å². The van der Waals surface area contributed by atoms with Crippen molar-refractivity contribution in [2.24, 2.45) is 0 Å². The van der Waals surface area contributed by atoms with E-state index < -0.39 is 0 Å². The first-order valence-electron chi connectivity index (χ1n) is 5.80. The van der Waals surface area contributed by atoms with Crippen molar-refractivity contribution in [2.45, 2.75) is 37.3 Å². The van der Waals surface area contributed by atoms with Crippen LogP contribution in [-0.4, -0.2) is 23.6 Å². The van der Waals surface area contributed by atoms with Gasteiger partial charge in [0.15, 0.2) is 0 Å². The van der Waals surface area contributed by atoms with Crippen LogP contribution in [0.5, 0.6) is 5.75 Å². The van der Waals surface area contributed by atoms with Gasteiger partial charge in [-0.15, -0.1) is 0 Å². The Morgan fingerprint density at radius 3 is 2.82 bits per heavy atom. The molecule has 1 aliphatic rings. The van der Waals surface area contributed by atoms with Gasteiger partial charge in [0.05, 0.1) is 0 Å². The van der Waals surface area contributed by atoms with Gasteiger partial charge in [-0.25, -0.2) is 4.39 Å². The molecule has 1 aliphatic carbocycles. The number of aryl methyl sites for hydroxylation is 1. The molecule has 0 aliphatic heterocycles. The molecule has 1 aromatic rings. The molecule has 0 aromatic heterocycles. The Balaban J connectivity index is 1.99. The number of hydrogen-bond acceptors (Lipinski definition) is 2. The maximum atomic E-state index is 13.1. The largest absolute Gasteiger partial charge is 0.488 e. The summed E-state index contributed by atoms with van der Waals surface area (Å²) in [5, 5.41) is 0. The van der Waals surface area contributed by atoms with Crippen LogP contribution in [0.2, 0.25) is 0 Å². The molecule has 4 heteroatoms. The molecular weight excluding hydrogens is 287 g/mol. The number of ether oxygens (including phenoxy) is 2. The van der Waals surface area contributed by atoms with Crippen molar-refractivity contribution >= 4 is 15.9 Å². The molecule has 0 amide bonds. The van der Waals surface area contributed by atoms with Gasteiger partial charge in [0, 0.05) is 17.9 Å². The standard InChI is InChI=1S/C13H16BrFO2/c1-3-16-13-10(14)7-12(13)17-9-4-5-11(15)8(2)6-9/h4-6,10,12-13H,3,7H2,1-2H3. The van der Waals surface area contributed by atoms with Gasteiger partial charge >= 0.3 is 0 Å². The topological polar surface area (TPSA) is 18.5 Å². The first-order valence-corrected chi connectivity index (χ1v) is 6.72. The second-order valence-corrected chi connectivity index (χ2v) is 5.42. The summed E-state index contributed by atoms with van der Waals surface area (Å²) >= 11 is 3.54. The lowest BCUT2D eigenvalue weighted by molar-refractivity contribution is -0.0723. The van der Waals surface area contributed by atoms with E-state index in [1.807, 2.05) is 6.92 Å². The number of rotatable bonds is 4. The number of hydrogen-bond donors (Lipinski definition) is 0. The predicted molar refractivity (Wildman–Crippen MR) is 68.3 cm³/mol. The fraction of sp³-hybridized carbons (Fsp3) is 0.538. The van der Waals surface area contributed by atoms with Crippen molar-refractivity contribution in [3.8, 4) is 5.75 Å². The minimum atomic E-state index is -0.203. The number of benzene rings is 1. The van der Waals surface area contributed by atoms with Gasteiger partial charge in [0.2, 0.25) is 0 Å². The zero-order chi connectivity index (χ0) is 12.4. The van der Waals surface area contributed by atoms with Gasteiger partial charge in [0.1, 0.15) is 23.8 Å². The van der Waals surface area contributed by atoms with Crippen molar-refractivity contribution in [2.75, 3.05) is 6.61 Å². The summed E-state index contributed by atoms with van der Waals surface area (Å²) in [5.74, 6) is 0.503. The van der Waals surface area contributed by atoms with Crippen molar-refractivity contribution < 1.29 is 13.9 Å². The Bertz CT molecular complexity index is 397. The molecule has 17 heavy (non-hydrogen) atoms. The molecule has 2 nitrogen and oxygen atoms in total. The molecule has 0 saturated heterocycles. The molecule has 0 bridgehead atoms. The molecule has 0 radical (unpaired) electrons. The van der Waals surface area contributed by atoms with E-state index in [-0.39, 0.29) is 18.0 Å². The van der Waals surface area contributed by atoms with E-state index in [4.69, 9.17) is 9.47 Å². The second kappa shape index (κ2) is 5.36. The van der Waals surface area contributed by atoms with Crippen LogP contribution < -0.4 is 4.74 Å². The quantitative estimate of drug-likeness (QED) is 0.793. The molecule has 1 saturated carbocycles. The molecule has 2 rings (SSSR count). The lowest BCUT2D eigenvalue weighted by atomic mass is 9.91. The number of halogens is 2. The molecular formula is C13H16BrFO2. The third-order valence-corrected chi connectivity index (χ3v) is 3.85. The van der Waals surface area contributed by atoms with Crippen molar-refractivity contribution in [1.82, 2.24) is 0 Å². The molecule has 3 unspecified atom stereocenters. The summed E-state index contributed by atoms with van der Waals surface area (Å²) in [6.45, 7) is 4.38. The van der Waals surface area contributed by atoms with Crippen LogP contribution in [0.1, 0.15) is 18.9 Å². The SMILES string of the molecule is CCOC1C(Br)CC1Oc1ccc(F)c(C)c1. The molecule has 3 atom stereocenters. The first kappa shape index (κ1) is 12.8. The molecule has 1 aromatic carbocycles. The van der Waals surface area contributed by atoms with Crippen molar-refractivity contribution in [3.05, 3.63) is 29.6 Å². The van der Waals surface area contributed by atoms with E-state index in [0.29, 0.717) is 22.7 Å². The average Bonchev–Trinajstić information content (AvgIpc) is 2.30. The lowest BCUT2D eigenvalue weighted by Crippen LogP contribution is -2.52. The lowest BCUT2D eigenvalue weighted by Gasteiger charge is -2.40. The highest BCUT2D eigenvalue weighted by Crippen LogP contribution is 2.34. The minimum Gasteiger partial charge on any atom is -0.488 e. The van der Waals surface area contributed by atoms with E-state index >= 15 is 0 Å². The van der Waals surface area contributed by atoms with Crippen LogP contribution >= 0.6 is 15.9 Å². The summed E-state index contributed by atoms with van der Waals surface area (Å²) in [7, 11) is 0. The Morgan fingerprint density at radius 2 is 2.24 bits per heavy atom. The average molecular weight is 303 g/mol. The highest BCUT2D eigenvalue weighted by molar-refractivity contribution is 9.09. The maximum Gasteiger partial charge on any atom is 0.127 e. The summed E-state index contributed by atoms with van der Waals surface area (Å²) in [6.07, 6.45) is 1.07. The van der Waals surface area contributed by atoms with Crippen LogP contribution in [0, 0.1) is 12.7 Å². The van der Waals surface area contributed by atoms with Gasteiger partial charge in [-0.05, 0) is 37.6 Å². The first-order chi connectivity index (χ1) is 8.11. The second-order valence-electron chi connectivity index (χ2n) is 4.24. The molecule has 0 heterocycles. The fourth-order valence-corrected chi connectivity index (χ4v) is 2.77. The van der Waals surface area contributed by atoms with Crippen LogP contribution in [-0.2, 0) is 4.74 Å².